The molecule has 136 valence electrons. The van der Waals surface area contributed by atoms with Gasteiger partial charge in [0, 0.05) is 12.1 Å². The number of hydrogen-bond donors (Lipinski definition) is 1. The Morgan fingerprint density at radius 2 is 1.88 bits per heavy atom. The van der Waals surface area contributed by atoms with Crippen LogP contribution in [0.3, 0.4) is 0 Å². The summed E-state index contributed by atoms with van der Waals surface area (Å²) in [7, 11) is 0. The van der Waals surface area contributed by atoms with Crippen LogP contribution in [0.15, 0.2) is 35.0 Å². The maximum absolute atomic E-state index is 12.8. The molecule has 2 heterocycles. The lowest BCUT2D eigenvalue weighted by Crippen LogP contribution is -2.24. The molecule has 0 saturated carbocycles. The summed E-state index contributed by atoms with van der Waals surface area (Å²) in [6.45, 7) is 10.3. The number of aryl methyl sites for hydroxylation is 3. The molecule has 0 fully saturated rings. The SMILES string of the molecule is Cc1ccc(-n2ncc(C(=O)NCc3c(C)noc3C)c2C(C)C)cc1. The molecule has 3 aromatic rings. The van der Waals surface area contributed by atoms with Crippen molar-refractivity contribution >= 4 is 5.91 Å². The summed E-state index contributed by atoms with van der Waals surface area (Å²) >= 11 is 0. The molecular formula is C20H24N4O2. The molecule has 6 heteroatoms. The van der Waals surface area contributed by atoms with Crippen LogP contribution in [0.1, 0.15) is 58.4 Å². The predicted octanol–water partition coefficient (Wildman–Crippen LogP) is 3.84. The van der Waals surface area contributed by atoms with Crippen LogP contribution < -0.4 is 5.32 Å². The van der Waals surface area contributed by atoms with Gasteiger partial charge in [0.2, 0.25) is 0 Å². The van der Waals surface area contributed by atoms with Crippen LogP contribution >= 0.6 is 0 Å². The van der Waals surface area contributed by atoms with Crippen molar-refractivity contribution in [2.24, 2.45) is 0 Å². The lowest BCUT2D eigenvalue weighted by atomic mass is 10.0. The highest BCUT2D eigenvalue weighted by Gasteiger charge is 2.21. The van der Waals surface area contributed by atoms with Gasteiger partial charge in [-0.15, -0.1) is 0 Å². The molecule has 1 amide bonds. The van der Waals surface area contributed by atoms with Crippen LogP contribution in [-0.2, 0) is 6.54 Å². The van der Waals surface area contributed by atoms with Gasteiger partial charge in [-0.25, -0.2) is 4.68 Å². The zero-order valence-corrected chi connectivity index (χ0v) is 15.8. The normalized spacial score (nSPS) is 11.2. The summed E-state index contributed by atoms with van der Waals surface area (Å²) in [6, 6.07) is 8.11. The number of aromatic nitrogens is 3. The van der Waals surface area contributed by atoms with Gasteiger partial charge >= 0.3 is 0 Å². The van der Waals surface area contributed by atoms with E-state index in [0.717, 1.165) is 28.4 Å². The monoisotopic (exact) mass is 352 g/mol. The van der Waals surface area contributed by atoms with E-state index in [1.54, 1.807) is 6.20 Å². The molecule has 0 radical (unpaired) electrons. The highest BCUT2D eigenvalue weighted by Crippen LogP contribution is 2.23. The topological polar surface area (TPSA) is 73.0 Å². The van der Waals surface area contributed by atoms with Crippen molar-refractivity contribution < 1.29 is 9.32 Å². The van der Waals surface area contributed by atoms with E-state index in [1.807, 2.05) is 49.7 Å². The third kappa shape index (κ3) is 3.40. The molecule has 0 spiro atoms. The van der Waals surface area contributed by atoms with Gasteiger partial charge in [-0.2, -0.15) is 5.10 Å². The Bertz CT molecular complexity index is 900. The second kappa shape index (κ2) is 7.15. The Hall–Kier alpha value is -2.89. The number of amides is 1. The molecule has 6 nitrogen and oxygen atoms in total. The maximum Gasteiger partial charge on any atom is 0.255 e. The van der Waals surface area contributed by atoms with E-state index in [0.29, 0.717) is 12.1 Å². The zero-order chi connectivity index (χ0) is 18.8. The zero-order valence-electron chi connectivity index (χ0n) is 15.8. The number of carbonyl (C=O) groups excluding carboxylic acids is 1. The molecular weight excluding hydrogens is 328 g/mol. The van der Waals surface area contributed by atoms with Gasteiger partial charge < -0.3 is 9.84 Å². The van der Waals surface area contributed by atoms with Gasteiger partial charge in [-0.3, -0.25) is 4.79 Å². The fourth-order valence-corrected chi connectivity index (χ4v) is 3.00. The number of rotatable bonds is 5. The van der Waals surface area contributed by atoms with Crippen molar-refractivity contribution in [3.05, 3.63) is 64.3 Å². The molecule has 0 unspecified atom stereocenters. The van der Waals surface area contributed by atoms with Crippen LogP contribution in [-0.4, -0.2) is 20.8 Å². The molecule has 0 aliphatic heterocycles. The first-order valence-corrected chi connectivity index (χ1v) is 8.73. The molecule has 26 heavy (non-hydrogen) atoms. The number of nitrogens with zero attached hydrogens (tertiary/aromatic N) is 3. The Morgan fingerprint density at radius 3 is 2.46 bits per heavy atom. The summed E-state index contributed by atoms with van der Waals surface area (Å²) in [5, 5.41) is 11.3. The lowest BCUT2D eigenvalue weighted by molar-refractivity contribution is 0.0949. The molecule has 0 saturated heterocycles. The van der Waals surface area contributed by atoms with E-state index >= 15 is 0 Å². The van der Waals surface area contributed by atoms with Crippen molar-refractivity contribution in [1.82, 2.24) is 20.3 Å². The molecule has 0 aliphatic rings. The average Bonchev–Trinajstić information content (AvgIpc) is 3.18. The largest absolute Gasteiger partial charge is 0.361 e. The molecule has 0 atom stereocenters. The summed E-state index contributed by atoms with van der Waals surface area (Å²) in [5.74, 6) is 0.730. The minimum Gasteiger partial charge on any atom is -0.361 e. The fourth-order valence-electron chi connectivity index (χ4n) is 3.00. The molecule has 0 bridgehead atoms. The third-order valence-electron chi connectivity index (χ3n) is 4.48. The molecule has 1 N–H and O–H groups in total. The third-order valence-corrected chi connectivity index (χ3v) is 4.48. The molecule has 1 aromatic carbocycles. The van der Waals surface area contributed by atoms with Crippen molar-refractivity contribution in [2.75, 3.05) is 0 Å². The predicted molar refractivity (Wildman–Crippen MR) is 99.5 cm³/mol. The summed E-state index contributed by atoms with van der Waals surface area (Å²) < 4.78 is 6.99. The Kier molecular flexibility index (Phi) is 4.93. The standard InChI is InChI=1S/C20H24N4O2/c1-12(2)19-18(11-22-24(19)16-8-6-13(3)7-9-16)20(25)21-10-17-14(4)23-26-15(17)5/h6-9,11-12H,10H2,1-5H3,(H,21,25). The maximum atomic E-state index is 12.8. The Labute approximate surface area is 153 Å². The minimum absolute atomic E-state index is 0.146. The van der Waals surface area contributed by atoms with Gasteiger partial charge in [0.1, 0.15) is 5.76 Å². The second-order valence-electron chi connectivity index (χ2n) is 6.83. The smallest absolute Gasteiger partial charge is 0.255 e. The Balaban J connectivity index is 1.87. The van der Waals surface area contributed by atoms with Crippen molar-refractivity contribution in [3.63, 3.8) is 0 Å². The van der Waals surface area contributed by atoms with Crippen LogP contribution in [0.4, 0.5) is 0 Å². The lowest BCUT2D eigenvalue weighted by Gasteiger charge is -2.13. The van der Waals surface area contributed by atoms with Crippen molar-refractivity contribution in [3.8, 4) is 5.69 Å². The van der Waals surface area contributed by atoms with Crippen LogP contribution in [0, 0.1) is 20.8 Å². The highest BCUT2D eigenvalue weighted by molar-refractivity contribution is 5.95. The van der Waals surface area contributed by atoms with Crippen molar-refractivity contribution in [2.45, 2.75) is 47.1 Å². The van der Waals surface area contributed by atoms with E-state index in [-0.39, 0.29) is 11.8 Å². The molecule has 3 rings (SSSR count). The van der Waals surface area contributed by atoms with Crippen molar-refractivity contribution in [1.29, 1.82) is 0 Å². The van der Waals surface area contributed by atoms with E-state index in [2.05, 4.69) is 29.4 Å². The van der Waals surface area contributed by atoms with E-state index in [4.69, 9.17) is 4.52 Å². The molecule has 0 aliphatic carbocycles. The number of carbonyl (C=O) groups is 1. The van der Waals surface area contributed by atoms with Gasteiger partial charge in [0.05, 0.1) is 28.8 Å². The number of hydrogen-bond acceptors (Lipinski definition) is 4. The van der Waals surface area contributed by atoms with Crippen LogP contribution in [0.5, 0.6) is 0 Å². The first-order chi connectivity index (χ1) is 12.4. The number of benzene rings is 1. The van der Waals surface area contributed by atoms with Crippen LogP contribution in [0.25, 0.3) is 5.69 Å². The first kappa shape index (κ1) is 17.9. The molecule has 2 aromatic heterocycles. The quantitative estimate of drug-likeness (QED) is 0.757. The Morgan fingerprint density at radius 1 is 1.19 bits per heavy atom. The van der Waals surface area contributed by atoms with E-state index in [1.165, 1.54) is 5.56 Å². The summed E-state index contributed by atoms with van der Waals surface area (Å²) in [4.78, 5) is 12.8. The van der Waals surface area contributed by atoms with Crippen LogP contribution in [0.2, 0.25) is 0 Å². The summed E-state index contributed by atoms with van der Waals surface area (Å²) in [6.07, 6.45) is 1.64. The number of nitrogens with one attached hydrogen (secondary N) is 1. The minimum atomic E-state index is -0.146. The van der Waals surface area contributed by atoms with E-state index < -0.39 is 0 Å². The summed E-state index contributed by atoms with van der Waals surface area (Å²) in [5.41, 5.74) is 5.32. The fraction of sp³-hybridized carbons (Fsp3) is 0.350. The van der Waals surface area contributed by atoms with Gasteiger partial charge in [0.25, 0.3) is 5.91 Å². The van der Waals surface area contributed by atoms with Gasteiger partial charge in [0.15, 0.2) is 0 Å². The average molecular weight is 352 g/mol. The highest BCUT2D eigenvalue weighted by atomic mass is 16.5. The first-order valence-electron chi connectivity index (χ1n) is 8.73. The van der Waals surface area contributed by atoms with Gasteiger partial charge in [-0.1, -0.05) is 36.7 Å². The van der Waals surface area contributed by atoms with Gasteiger partial charge in [-0.05, 0) is 38.8 Å². The second-order valence-corrected chi connectivity index (χ2v) is 6.83. The van der Waals surface area contributed by atoms with E-state index in [9.17, 15) is 4.79 Å².